The predicted octanol–water partition coefficient (Wildman–Crippen LogP) is 3.55. The minimum absolute atomic E-state index is 0.779. The Balaban J connectivity index is 1.88. The number of nitrogen functional groups attached to an aromatic ring is 1. The van der Waals surface area contributed by atoms with Crippen LogP contribution in [0, 0.1) is 5.92 Å². The average Bonchev–Trinajstić information content (AvgIpc) is 2.29. The molecule has 0 aliphatic carbocycles. The molecule has 2 nitrogen and oxygen atoms in total. The van der Waals surface area contributed by atoms with E-state index in [1.807, 2.05) is 23.9 Å². The van der Waals surface area contributed by atoms with Gasteiger partial charge in [-0.3, -0.25) is 0 Å². The molecular weight excluding hydrogens is 286 g/mol. The maximum absolute atomic E-state index is 5.96. The van der Waals surface area contributed by atoms with Gasteiger partial charge in [0.05, 0.1) is 0 Å². The summed E-state index contributed by atoms with van der Waals surface area (Å²) in [6.45, 7) is 1.84. The van der Waals surface area contributed by atoms with Crippen LogP contribution < -0.4 is 5.73 Å². The van der Waals surface area contributed by atoms with E-state index in [0.717, 1.165) is 35.0 Å². The van der Waals surface area contributed by atoms with Crippen LogP contribution in [-0.2, 0) is 4.74 Å². The summed E-state index contributed by atoms with van der Waals surface area (Å²) >= 11 is 5.28. The van der Waals surface area contributed by atoms with Gasteiger partial charge in [0.15, 0.2) is 0 Å². The Bertz CT molecular complexity index is 353. The van der Waals surface area contributed by atoms with E-state index < -0.39 is 0 Å². The number of ether oxygens (including phenoxy) is 1. The molecule has 1 fully saturated rings. The van der Waals surface area contributed by atoms with E-state index in [2.05, 4.69) is 22.0 Å². The van der Waals surface area contributed by atoms with E-state index in [4.69, 9.17) is 10.5 Å². The zero-order valence-electron chi connectivity index (χ0n) is 9.12. The van der Waals surface area contributed by atoms with E-state index in [1.165, 1.54) is 17.7 Å². The van der Waals surface area contributed by atoms with Crippen LogP contribution in [0.4, 0.5) is 5.69 Å². The molecule has 0 bridgehead atoms. The topological polar surface area (TPSA) is 35.2 Å². The molecule has 16 heavy (non-hydrogen) atoms. The van der Waals surface area contributed by atoms with Crippen LogP contribution in [0.2, 0.25) is 0 Å². The van der Waals surface area contributed by atoms with Gasteiger partial charge < -0.3 is 10.5 Å². The molecule has 1 saturated heterocycles. The lowest BCUT2D eigenvalue weighted by molar-refractivity contribution is 0.0728. The Morgan fingerprint density at radius 2 is 2.12 bits per heavy atom. The largest absolute Gasteiger partial charge is 0.398 e. The molecule has 0 saturated carbocycles. The van der Waals surface area contributed by atoms with Gasteiger partial charge in [-0.25, -0.2) is 0 Å². The first-order valence-corrected chi connectivity index (χ1v) is 7.29. The Kier molecular flexibility index (Phi) is 4.55. The van der Waals surface area contributed by atoms with Crippen molar-refractivity contribution in [2.45, 2.75) is 17.7 Å². The van der Waals surface area contributed by atoms with Crippen molar-refractivity contribution >= 4 is 33.4 Å². The second kappa shape index (κ2) is 5.94. The van der Waals surface area contributed by atoms with Crippen LogP contribution in [0.25, 0.3) is 0 Å². The first kappa shape index (κ1) is 12.3. The smallest absolute Gasteiger partial charge is 0.0468 e. The standard InChI is InChI=1S/C12H16BrNOS/c13-10-1-2-12(11(14)7-10)16-8-9-3-5-15-6-4-9/h1-2,7,9H,3-6,8,14H2. The summed E-state index contributed by atoms with van der Waals surface area (Å²) in [6, 6.07) is 6.10. The van der Waals surface area contributed by atoms with E-state index >= 15 is 0 Å². The summed E-state index contributed by atoms with van der Waals surface area (Å²) in [5.41, 5.74) is 6.83. The molecule has 0 spiro atoms. The van der Waals surface area contributed by atoms with Crippen LogP contribution in [0.15, 0.2) is 27.6 Å². The van der Waals surface area contributed by atoms with Crippen LogP contribution in [0.1, 0.15) is 12.8 Å². The highest BCUT2D eigenvalue weighted by Gasteiger charge is 2.14. The first-order chi connectivity index (χ1) is 7.75. The van der Waals surface area contributed by atoms with Crippen molar-refractivity contribution in [2.75, 3.05) is 24.7 Å². The second-order valence-electron chi connectivity index (χ2n) is 4.05. The van der Waals surface area contributed by atoms with Gasteiger partial charge in [-0.15, -0.1) is 11.8 Å². The van der Waals surface area contributed by atoms with Crippen LogP contribution in [0.5, 0.6) is 0 Å². The highest BCUT2D eigenvalue weighted by molar-refractivity contribution is 9.10. The van der Waals surface area contributed by atoms with Crippen LogP contribution >= 0.6 is 27.7 Å². The second-order valence-corrected chi connectivity index (χ2v) is 6.03. The molecular formula is C12H16BrNOS. The van der Waals surface area contributed by atoms with Crippen molar-refractivity contribution in [3.63, 3.8) is 0 Å². The molecule has 1 heterocycles. The Hall–Kier alpha value is -0.190. The van der Waals surface area contributed by atoms with Gasteiger partial charge in [0, 0.05) is 34.0 Å². The summed E-state index contributed by atoms with van der Waals surface area (Å²) in [4.78, 5) is 1.19. The lowest BCUT2D eigenvalue weighted by atomic mass is 10.0. The molecule has 0 unspecified atom stereocenters. The monoisotopic (exact) mass is 301 g/mol. The first-order valence-electron chi connectivity index (χ1n) is 5.51. The lowest BCUT2D eigenvalue weighted by Gasteiger charge is -2.21. The quantitative estimate of drug-likeness (QED) is 0.685. The number of benzene rings is 1. The van der Waals surface area contributed by atoms with Crippen molar-refractivity contribution in [1.82, 2.24) is 0 Å². The van der Waals surface area contributed by atoms with Gasteiger partial charge in [0.1, 0.15) is 0 Å². The molecule has 0 amide bonds. The number of thioether (sulfide) groups is 1. The maximum Gasteiger partial charge on any atom is 0.0468 e. The lowest BCUT2D eigenvalue weighted by Crippen LogP contribution is -2.17. The average molecular weight is 302 g/mol. The Morgan fingerprint density at radius 1 is 1.38 bits per heavy atom. The normalized spacial score (nSPS) is 17.6. The van der Waals surface area contributed by atoms with Crippen molar-refractivity contribution in [3.8, 4) is 0 Å². The molecule has 2 rings (SSSR count). The molecule has 1 aromatic rings. The third-order valence-electron chi connectivity index (χ3n) is 2.79. The number of hydrogen-bond acceptors (Lipinski definition) is 3. The van der Waals surface area contributed by atoms with Gasteiger partial charge in [0.2, 0.25) is 0 Å². The minimum atomic E-state index is 0.779. The Labute approximate surface area is 109 Å². The zero-order valence-corrected chi connectivity index (χ0v) is 11.5. The van der Waals surface area contributed by atoms with Crippen molar-refractivity contribution in [3.05, 3.63) is 22.7 Å². The summed E-state index contributed by atoms with van der Waals surface area (Å²) in [5, 5.41) is 0. The molecule has 2 N–H and O–H groups in total. The minimum Gasteiger partial charge on any atom is -0.398 e. The molecule has 0 aromatic heterocycles. The number of nitrogens with two attached hydrogens (primary N) is 1. The summed E-state index contributed by atoms with van der Waals surface area (Å²) < 4.78 is 6.39. The molecule has 1 aliphatic heterocycles. The van der Waals surface area contributed by atoms with Crippen molar-refractivity contribution in [2.24, 2.45) is 5.92 Å². The molecule has 0 radical (unpaired) electrons. The van der Waals surface area contributed by atoms with Crippen molar-refractivity contribution < 1.29 is 4.74 Å². The van der Waals surface area contributed by atoms with E-state index in [-0.39, 0.29) is 0 Å². The Morgan fingerprint density at radius 3 is 2.81 bits per heavy atom. The maximum atomic E-state index is 5.96. The third kappa shape index (κ3) is 3.40. The molecule has 88 valence electrons. The number of rotatable bonds is 3. The molecule has 0 atom stereocenters. The van der Waals surface area contributed by atoms with Gasteiger partial charge in [-0.2, -0.15) is 0 Å². The number of hydrogen-bond donors (Lipinski definition) is 1. The SMILES string of the molecule is Nc1cc(Br)ccc1SCC1CCOCC1. The fourth-order valence-electron chi connectivity index (χ4n) is 1.77. The predicted molar refractivity (Wildman–Crippen MR) is 72.8 cm³/mol. The van der Waals surface area contributed by atoms with Gasteiger partial charge in [-0.05, 0) is 37.0 Å². The van der Waals surface area contributed by atoms with E-state index in [0.29, 0.717) is 0 Å². The fraction of sp³-hybridized carbons (Fsp3) is 0.500. The summed E-state index contributed by atoms with van der Waals surface area (Å²) in [5.74, 6) is 1.93. The van der Waals surface area contributed by atoms with E-state index in [9.17, 15) is 0 Å². The van der Waals surface area contributed by atoms with E-state index in [1.54, 1.807) is 0 Å². The fourth-order valence-corrected chi connectivity index (χ4v) is 3.29. The zero-order chi connectivity index (χ0) is 11.4. The summed E-state index contributed by atoms with van der Waals surface area (Å²) in [7, 11) is 0. The molecule has 4 heteroatoms. The van der Waals surface area contributed by atoms with Crippen LogP contribution in [0.3, 0.4) is 0 Å². The molecule has 1 aliphatic rings. The number of anilines is 1. The van der Waals surface area contributed by atoms with Gasteiger partial charge in [-0.1, -0.05) is 15.9 Å². The van der Waals surface area contributed by atoms with Crippen LogP contribution in [-0.4, -0.2) is 19.0 Å². The number of halogens is 1. The highest BCUT2D eigenvalue weighted by Crippen LogP contribution is 2.31. The summed E-state index contributed by atoms with van der Waals surface area (Å²) in [6.07, 6.45) is 2.37. The van der Waals surface area contributed by atoms with Crippen molar-refractivity contribution in [1.29, 1.82) is 0 Å². The van der Waals surface area contributed by atoms with Gasteiger partial charge in [0.25, 0.3) is 0 Å². The highest BCUT2D eigenvalue weighted by atomic mass is 79.9. The third-order valence-corrected chi connectivity index (χ3v) is 4.60. The van der Waals surface area contributed by atoms with Gasteiger partial charge >= 0.3 is 0 Å². The molecule has 1 aromatic carbocycles.